The molecule has 0 spiro atoms. The van der Waals surface area contributed by atoms with Gasteiger partial charge in [-0.05, 0) is 43.4 Å². The van der Waals surface area contributed by atoms with Gasteiger partial charge in [-0.25, -0.2) is 0 Å². The van der Waals surface area contributed by atoms with E-state index in [1.165, 1.54) is 17.5 Å². The molecule has 1 fully saturated rings. The van der Waals surface area contributed by atoms with Crippen molar-refractivity contribution in [3.63, 3.8) is 0 Å². The third-order valence-corrected chi connectivity index (χ3v) is 5.37. The molecule has 2 aromatic rings. The van der Waals surface area contributed by atoms with Crippen LogP contribution < -0.4 is 5.32 Å². The first-order chi connectivity index (χ1) is 12.8. The predicted octanol–water partition coefficient (Wildman–Crippen LogP) is 4.05. The van der Waals surface area contributed by atoms with E-state index >= 15 is 0 Å². The lowest BCUT2D eigenvalue weighted by Gasteiger charge is -2.30. The average Bonchev–Trinajstić information content (AvgIpc) is 2.67. The molecule has 5 heteroatoms. The number of carbonyl (C=O) groups excluding carboxylic acids is 1. The standard InChI is InChI=1S/C22H30N4O/c1-16-7-9-18(10-8-16)22(3,4)15-23-20-12-11-19(24-25-20)21(27)26-13-5-6-17(2)14-26/h7-12,17H,5-6,13-15H2,1-4H3,(H,23,25). The van der Waals surface area contributed by atoms with Gasteiger partial charge in [0.2, 0.25) is 0 Å². The van der Waals surface area contributed by atoms with Crippen molar-refractivity contribution in [2.24, 2.45) is 5.92 Å². The molecule has 1 saturated heterocycles. The number of nitrogens with one attached hydrogen (secondary N) is 1. The van der Waals surface area contributed by atoms with Crippen LogP contribution in [0.2, 0.25) is 0 Å². The lowest BCUT2D eigenvalue weighted by Crippen LogP contribution is -2.39. The van der Waals surface area contributed by atoms with Gasteiger partial charge < -0.3 is 10.2 Å². The Bertz CT molecular complexity index is 768. The molecule has 5 nitrogen and oxygen atoms in total. The van der Waals surface area contributed by atoms with Gasteiger partial charge in [0, 0.05) is 25.0 Å². The first-order valence-corrected chi connectivity index (χ1v) is 9.79. The summed E-state index contributed by atoms with van der Waals surface area (Å²) in [5.74, 6) is 1.24. The third kappa shape index (κ3) is 4.85. The summed E-state index contributed by atoms with van der Waals surface area (Å²) < 4.78 is 0. The number of rotatable bonds is 5. The topological polar surface area (TPSA) is 58.1 Å². The van der Waals surface area contributed by atoms with Crippen molar-refractivity contribution in [2.75, 3.05) is 25.0 Å². The van der Waals surface area contributed by atoms with E-state index < -0.39 is 0 Å². The molecule has 1 aromatic heterocycles. The number of aromatic nitrogens is 2. The molecule has 1 aromatic carbocycles. The highest BCUT2D eigenvalue weighted by Gasteiger charge is 2.24. The van der Waals surface area contributed by atoms with E-state index in [0.717, 1.165) is 26.1 Å². The van der Waals surface area contributed by atoms with Gasteiger partial charge in [0.05, 0.1) is 0 Å². The van der Waals surface area contributed by atoms with Gasteiger partial charge in [-0.2, -0.15) is 0 Å². The number of benzene rings is 1. The molecule has 1 atom stereocenters. The van der Waals surface area contributed by atoms with Gasteiger partial charge in [-0.1, -0.05) is 50.6 Å². The van der Waals surface area contributed by atoms with E-state index in [4.69, 9.17) is 0 Å². The average molecular weight is 367 g/mol. The second kappa shape index (κ2) is 8.07. The number of nitrogens with zero attached hydrogens (tertiary/aromatic N) is 3. The second-order valence-electron chi connectivity index (χ2n) is 8.41. The van der Waals surface area contributed by atoms with Gasteiger partial charge in [-0.3, -0.25) is 4.79 Å². The highest BCUT2D eigenvalue weighted by atomic mass is 16.2. The van der Waals surface area contributed by atoms with E-state index in [2.05, 4.69) is 67.5 Å². The van der Waals surface area contributed by atoms with Crippen LogP contribution in [0.15, 0.2) is 36.4 Å². The molecule has 0 radical (unpaired) electrons. The van der Waals surface area contributed by atoms with Crippen molar-refractivity contribution in [3.8, 4) is 0 Å². The molecule has 27 heavy (non-hydrogen) atoms. The molecule has 1 amide bonds. The molecule has 0 saturated carbocycles. The number of likely N-dealkylation sites (tertiary alicyclic amines) is 1. The summed E-state index contributed by atoms with van der Waals surface area (Å²) in [7, 11) is 0. The highest BCUT2D eigenvalue weighted by Crippen LogP contribution is 2.24. The van der Waals surface area contributed by atoms with Crippen LogP contribution in [-0.4, -0.2) is 40.6 Å². The first-order valence-electron chi connectivity index (χ1n) is 9.79. The Morgan fingerprint density at radius 2 is 1.93 bits per heavy atom. The summed E-state index contributed by atoms with van der Waals surface area (Å²) in [6.07, 6.45) is 2.25. The monoisotopic (exact) mass is 366 g/mol. The normalized spacial score (nSPS) is 17.6. The Kier molecular flexibility index (Phi) is 5.78. The number of anilines is 1. The zero-order valence-corrected chi connectivity index (χ0v) is 16.8. The Balaban J connectivity index is 1.60. The van der Waals surface area contributed by atoms with Crippen LogP contribution in [0.4, 0.5) is 5.82 Å². The van der Waals surface area contributed by atoms with Gasteiger partial charge in [-0.15, -0.1) is 10.2 Å². The maximum Gasteiger partial charge on any atom is 0.274 e. The number of amides is 1. The van der Waals surface area contributed by atoms with E-state index in [0.29, 0.717) is 17.4 Å². The quantitative estimate of drug-likeness (QED) is 0.867. The minimum absolute atomic E-state index is 0.0133. The van der Waals surface area contributed by atoms with Crippen LogP contribution in [0.3, 0.4) is 0 Å². The minimum atomic E-state index is -0.0339. The number of hydrogen-bond donors (Lipinski definition) is 1. The van der Waals surface area contributed by atoms with Crippen molar-refractivity contribution in [1.82, 2.24) is 15.1 Å². The SMILES string of the molecule is Cc1ccc(C(C)(C)CNc2ccc(C(=O)N3CCCC(C)C3)nn2)cc1. The Morgan fingerprint density at radius 3 is 2.56 bits per heavy atom. The number of hydrogen-bond acceptors (Lipinski definition) is 4. The van der Waals surface area contributed by atoms with Gasteiger partial charge in [0.25, 0.3) is 5.91 Å². The molecule has 2 heterocycles. The van der Waals surface area contributed by atoms with Crippen molar-refractivity contribution >= 4 is 11.7 Å². The number of aryl methyl sites for hydroxylation is 1. The summed E-state index contributed by atoms with van der Waals surface area (Å²) in [6.45, 7) is 11.1. The molecular formula is C22H30N4O. The summed E-state index contributed by atoms with van der Waals surface area (Å²) in [4.78, 5) is 14.5. The smallest absolute Gasteiger partial charge is 0.274 e. The molecule has 1 unspecified atom stereocenters. The second-order valence-corrected chi connectivity index (χ2v) is 8.41. The zero-order chi connectivity index (χ0) is 19.4. The summed E-state index contributed by atoms with van der Waals surface area (Å²) in [6, 6.07) is 12.2. The molecule has 0 aliphatic carbocycles. The van der Waals surface area contributed by atoms with Crippen LogP contribution in [-0.2, 0) is 5.41 Å². The summed E-state index contributed by atoms with van der Waals surface area (Å²) in [5, 5.41) is 11.7. The Hall–Kier alpha value is -2.43. The molecule has 1 aliphatic heterocycles. The van der Waals surface area contributed by atoms with E-state index in [1.54, 1.807) is 6.07 Å². The van der Waals surface area contributed by atoms with E-state index in [-0.39, 0.29) is 11.3 Å². The van der Waals surface area contributed by atoms with Crippen molar-refractivity contribution < 1.29 is 4.79 Å². The maximum atomic E-state index is 12.6. The van der Waals surface area contributed by atoms with Gasteiger partial charge in [0.15, 0.2) is 5.69 Å². The fourth-order valence-corrected chi connectivity index (χ4v) is 3.49. The first kappa shape index (κ1) is 19.3. The number of piperidine rings is 1. The van der Waals surface area contributed by atoms with Crippen LogP contribution in [0, 0.1) is 12.8 Å². The predicted molar refractivity (Wildman–Crippen MR) is 109 cm³/mol. The molecular weight excluding hydrogens is 336 g/mol. The number of carbonyl (C=O) groups is 1. The Labute approximate surface area is 162 Å². The molecule has 1 N–H and O–H groups in total. The lowest BCUT2D eigenvalue weighted by atomic mass is 9.84. The van der Waals surface area contributed by atoms with E-state index in [9.17, 15) is 4.79 Å². The molecule has 1 aliphatic rings. The van der Waals surface area contributed by atoms with Crippen LogP contribution in [0.1, 0.15) is 55.2 Å². The van der Waals surface area contributed by atoms with Gasteiger partial charge in [0.1, 0.15) is 5.82 Å². The van der Waals surface area contributed by atoms with Crippen molar-refractivity contribution in [3.05, 3.63) is 53.2 Å². The van der Waals surface area contributed by atoms with Crippen molar-refractivity contribution in [1.29, 1.82) is 0 Å². The maximum absolute atomic E-state index is 12.6. The van der Waals surface area contributed by atoms with Crippen molar-refractivity contribution in [2.45, 2.75) is 46.0 Å². The fraction of sp³-hybridized carbons (Fsp3) is 0.500. The summed E-state index contributed by atoms with van der Waals surface area (Å²) in [5.41, 5.74) is 2.93. The molecule has 3 rings (SSSR count). The van der Waals surface area contributed by atoms with E-state index in [1.807, 2.05) is 11.0 Å². The minimum Gasteiger partial charge on any atom is -0.368 e. The third-order valence-electron chi connectivity index (χ3n) is 5.37. The molecule has 0 bridgehead atoms. The largest absolute Gasteiger partial charge is 0.368 e. The Morgan fingerprint density at radius 1 is 1.19 bits per heavy atom. The zero-order valence-electron chi connectivity index (χ0n) is 16.8. The van der Waals surface area contributed by atoms with Gasteiger partial charge >= 0.3 is 0 Å². The van der Waals surface area contributed by atoms with Crippen LogP contribution >= 0.6 is 0 Å². The molecule has 144 valence electrons. The fourth-order valence-electron chi connectivity index (χ4n) is 3.49. The van der Waals surface area contributed by atoms with Crippen LogP contribution in [0.25, 0.3) is 0 Å². The lowest BCUT2D eigenvalue weighted by molar-refractivity contribution is 0.0676. The summed E-state index contributed by atoms with van der Waals surface area (Å²) >= 11 is 0. The van der Waals surface area contributed by atoms with Crippen LogP contribution in [0.5, 0.6) is 0 Å². The highest BCUT2D eigenvalue weighted by molar-refractivity contribution is 5.92.